The number of nitriles is 1. The number of carbonyl (C=O) groups is 1. The molecule has 7 nitrogen and oxygen atoms in total. The van der Waals surface area contributed by atoms with Gasteiger partial charge < -0.3 is 5.32 Å². The first-order valence-corrected chi connectivity index (χ1v) is 9.99. The number of amides is 1. The van der Waals surface area contributed by atoms with E-state index in [1.165, 1.54) is 0 Å². The molecule has 1 aliphatic heterocycles. The van der Waals surface area contributed by atoms with E-state index in [0.29, 0.717) is 22.2 Å². The van der Waals surface area contributed by atoms with Gasteiger partial charge in [0.1, 0.15) is 11.9 Å². The third kappa shape index (κ3) is 3.95. The highest BCUT2D eigenvalue weighted by Gasteiger charge is 2.29. The van der Waals surface area contributed by atoms with Crippen molar-refractivity contribution < 1.29 is 4.79 Å². The average Bonchev–Trinajstić information content (AvgIpc) is 3.17. The van der Waals surface area contributed by atoms with Crippen molar-refractivity contribution in [1.82, 2.24) is 19.5 Å². The number of benzene rings is 1. The van der Waals surface area contributed by atoms with Gasteiger partial charge in [-0.25, -0.2) is 0 Å². The fourth-order valence-electron chi connectivity index (χ4n) is 3.78. The number of carbonyl (C=O) groups excluding carboxylic acids is 1. The Balaban J connectivity index is 1.37. The first-order valence-electron chi connectivity index (χ1n) is 9.61. The van der Waals surface area contributed by atoms with E-state index in [1.807, 2.05) is 41.8 Å². The second-order valence-corrected chi connectivity index (χ2v) is 7.68. The van der Waals surface area contributed by atoms with Crippen LogP contribution in [0.25, 0.3) is 5.65 Å². The molecule has 1 atom stereocenters. The molecule has 1 saturated heterocycles. The molecule has 1 N–H and O–H groups in total. The molecule has 148 valence electrons. The van der Waals surface area contributed by atoms with Crippen LogP contribution in [0, 0.1) is 11.3 Å². The second-order valence-electron chi connectivity index (χ2n) is 7.27. The predicted octanol–water partition coefficient (Wildman–Crippen LogP) is 3.46. The van der Waals surface area contributed by atoms with Gasteiger partial charge in [-0.3, -0.25) is 14.1 Å². The molecule has 3 heterocycles. The van der Waals surface area contributed by atoms with Crippen molar-refractivity contribution in [3.8, 4) is 6.07 Å². The molecule has 2 aromatic heterocycles. The highest BCUT2D eigenvalue weighted by atomic mass is 35.5. The molecular formula is C21H21ClN6O. The minimum Gasteiger partial charge on any atom is -0.325 e. The topological polar surface area (TPSA) is 86.3 Å². The van der Waals surface area contributed by atoms with E-state index in [1.54, 1.807) is 18.2 Å². The van der Waals surface area contributed by atoms with Gasteiger partial charge in [0.05, 0.1) is 16.6 Å². The van der Waals surface area contributed by atoms with Crippen LogP contribution in [-0.4, -0.2) is 44.5 Å². The summed E-state index contributed by atoms with van der Waals surface area (Å²) in [6.45, 7) is 3.54. The number of pyridine rings is 1. The van der Waals surface area contributed by atoms with Gasteiger partial charge in [-0.15, -0.1) is 10.2 Å². The number of nitrogens with zero attached hydrogens (tertiary/aromatic N) is 5. The van der Waals surface area contributed by atoms with E-state index < -0.39 is 0 Å². The Hall–Kier alpha value is -2.95. The number of hydrogen-bond donors (Lipinski definition) is 1. The van der Waals surface area contributed by atoms with Crippen LogP contribution in [0.2, 0.25) is 5.02 Å². The standard InChI is InChI=1S/C21H21ClN6O/c1-14(21(29)24-17-6-5-16(13-23)18(22)12-17)27-10-7-15(8-11-27)20-26-25-19-4-2-3-9-28(19)20/h2-6,9,12,14-15H,7-8,10-11H2,1H3,(H,24,29). The van der Waals surface area contributed by atoms with Crippen LogP contribution in [0.3, 0.4) is 0 Å². The molecule has 8 heteroatoms. The quantitative estimate of drug-likeness (QED) is 0.714. The fraction of sp³-hybridized carbons (Fsp3) is 0.333. The van der Waals surface area contributed by atoms with E-state index in [9.17, 15) is 4.79 Å². The summed E-state index contributed by atoms with van der Waals surface area (Å²) >= 11 is 6.05. The van der Waals surface area contributed by atoms with E-state index in [-0.39, 0.29) is 11.9 Å². The van der Waals surface area contributed by atoms with Crippen molar-refractivity contribution in [3.63, 3.8) is 0 Å². The molecule has 1 amide bonds. The zero-order valence-electron chi connectivity index (χ0n) is 16.0. The van der Waals surface area contributed by atoms with Crippen molar-refractivity contribution in [3.05, 3.63) is 59.0 Å². The van der Waals surface area contributed by atoms with Crippen LogP contribution in [0.15, 0.2) is 42.6 Å². The zero-order chi connectivity index (χ0) is 20.4. The third-order valence-electron chi connectivity index (χ3n) is 5.52. The number of fused-ring (bicyclic) bond motifs is 1. The predicted molar refractivity (Wildman–Crippen MR) is 111 cm³/mol. The molecule has 0 aliphatic carbocycles. The van der Waals surface area contributed by atoms with Crippen LogP contribution < -0.4 is 5.32 Å². The van der Waals surface area contributed by atoms with Gasteiger partial charge in [0.15, 0.2) is 5.65 Å². The molecule has 1 aliphatic rings. The van der Waals surface area contributed by atoms with Crippen LogP contribution >= 0.6 is 11.6 Å². The molecule has 0 bridgehead atoms. The lowest BCUT2D eigenvalue weighted by Gasteiger charge is -2.34. The molecule has 1 fully saturated rings. The lowest BCUT2D eigenvalue weighted by Crippen LogP contribution is -2.45. The average molecular weight is 409 g/mol. The smallest absolute Gasteiger partial charge is 0.241 e. The van der Waals surface area contributed by atoms with E-state index >= 15 is 0 Å². The van der Waals surface area contributed by atoms with Gasteiger partial charge in [0.2, 0.25) is 5.91 Å². The Labute approximate surface area is 173 Å². The normalized spacial score (nSPS) is 16.4. The maximum atomic E-state index is 12.7. The lowest BCUT2D eigenvalue weighted by atomic mass is 9.95. The molecule has 1 unspecified atom stereocenters. The molecule has 0 radical (unpaired) electrons. The van der Waals surface area contributed by atoms with Crippen molar-refractivity contribution in [2.24, 2.45) is 0 Å². The highest BCUT2D eigenvalue weighted by Crippen LogP contribution is 2.28. The molecule has 0 saturated carbocycles. The van der Waals surface area contributed by atoms with Gasteiger partial charge >= 0.3 is 0 Å². The third-order valence-corrected chi connectivity index (χ3v) is 5.83. The summed E-state index contributed by atoms with van der Waals surface area (Å²) in [5.74, 6) is 1.23. The molecule has 29 heavy (non-hydrogen) atoms. The van der Waals surface area contributed by atoms with Gasteiger partial charge in [-0.1, -0.05) is 17.7 Å². The minimum atomic E-state index is -0.263. The van der Waals surface area contributed by atoms with Crippen molar-refractivity contribution in [1.29, 1.82) is 5.26 Å². The molecule has 3 aromatic rings. The maximum Gasteiger partial charge on any atom is 0.241 e. The van der Waals surface area contributed by atoms with Crippen molar-refractivity contribution >= 4 is 28.8 Å². The number of nitrogens with one attached hydrogen (secondary N) is 1. The number of aromatic nitrogens is 3. The maximum absolute atomic E-state index is 12.7. The van der Waals surface area contributed by atoms with E-state index in [4.69, 9.17) is 16.9 Å². The number of hydrogen-bond acceptors (Lipinski definition) is 5. The number of piperidine rings is 1. The van der Waals surface area contributed by atoms with Crippen LogP contribution in [-0.2, 0) is 4.79 Å². The highest BCUT2D eigenvalue weighted by molar-refractivity contribution is 6.32. The number of rotatable bonds is 4. The van der Waals surface area contributed by atoms with Crippen LogP contribution in [0.1, 0.15) is 37.1 Å². The van der Waals surface area contributed by atoms with Crippen LogP contribution in [0.5, 0.6) is 0 Å². The monoisotopic (exact) mass is 408 g/mol. The van der Waals surface area contributed by atoms with E-state index in [2.05, 4.69) is 20.4 Å². The fourth-order valence-corrected chi connectivity index (χ4v) is 4.00. The second kappa shape index (κ2) is 8.19. The lowest BCUT2D eigenvalue weighted by molar-refractivity contribution is -0.121. The largest absolute Gasteiger partial charge is 0.325 e. The number of anilines is 1. The summed E-state index contributed by atoms with van der Waals surface area (Å²) in [5, 5.41) is 20.8. The molecular weight excluding hydrogens is 388 g/mol. The molecule has 1 aromatic carbocycles. The summed E-state index contributed by atoms with van der Waals surface area (Å²) in [7, 11) is 0. The Kier molecular flexibility index (Phi) is 5.47. The Morgan fingerprint density at radius 3 is 2.79 bits per heavy atom. The van der Waals surface area contributed by atoms with Gasteiger partial charge in [0, 0.05) is 17.8 Å². The van der Waals surface area contributed by atoms with Gasteiger partial charge in [-0.2, -0.15) is 5.26 Å². The summed E-state index contributed by atoms with van der Waals surface area (Å²) < 4.78 is 2.05. The minimum absolute atomic E-state index is 0.0860. The Bertz CT molecular complexity index is 1080. The molecule has 4 rings (SSSR count). The van der Waals surface area contributed by atoms with Gasteiger partial charge in [0.25, 0.3) is 0 Å². The van der Waals surface area contributed by atoms with E-state index in [0.717, 1.165) is 37.4 Å². The number of halogens is 1. The first kappa shape index (κ1) is 19.4. The zero-order valence-corrected chi connectivity index (χ0v) is 16.8. The Morgan fingerprint density at radius 1 is 1.28 bits per heavy atom. The number of likely N-dealkylation sites (tertiary alicyclic amines) is 1. The summed E-state index contributed by atoms with van der Waals surface area (Å²) in [4.78, 5) is 14.9. The Morgan fingerprint density at radius 2 is 2.07 bits per heavy atom. The molecule has 0 spiro atoms. The summed E-state index contributed by atoms with van der Waals surface area (Å²) in [5.41, 5.74) is 1.84. The van der Waals surface area contributed by atoms with Crippen molar-refractivity contribution in [2.45, 2.75) is 31.7 Å². The van der Waals surface area contributed by atoms with Crippen molar-refractivity contribution in [2.75, 3.05) is 18.4 Å². The summed E-state index contributed by atoms with van der Waals surface area (Å²) in [6.07, 6.45) is 3.85. The summed E-state index contributed by atoms with van der Waals surface area (Å²) in [6, 6.07) is 12.5. The van der Waals surface area contributed by atoms with Crippen LogP contribution in [0.4, 0.5) is 5.69 Å². The first-order chi connectivity index (χ1) is 14.1. The SMILES string of the molecule is CC(C(=O)Nc1ccc(C#N)c(Cl)c1)N1CCC(c2nnc3ccccn23)CC1. The van der Waals surface area contributed by atoms with Gasteiger partial charge in [-0.05, 0) is 63.2 Å².